The number of aliphatic hydroxyl groups is 1. The first-order valence-electron chi connectivity index (χ1n) is 6.65. The maximum atomic E-state index is 11.8. The molecule has 1 amide bonds. The monoisotopic (exact) mass is 289 g/mol. The Balaban J connectivity index is 1.78. The minimum Gasteiger partial charge on any atom is -0.383 e. The van der Waals surface area contributed by atoms with Crippen LogP contribution in [-0.4, -0.2) is 17.6 Å². The third-order valence-corrected chi connectivity index (χ3v) is 4.29. The standard InChI is InChI=1S/C16H19NO2S/c1-16(19,14-8-5-11-20-14)12-17-15(18)10-9-13-6-3-2-4-7-13/h2-8,11,19H,9-10,12H2,1H3,(H,17,18)/t16-/m0/s1. The van der Waals surface area contributed by atoms with Crippen molar-refractivity contribution in [3.63, 3.8) is 0 Å². The highest BCUT2D eigenvalue weighted by Crippen LogP contribution is 2.24. The van der Waals surface area contributed by atoms with E-state index in [0.29, 0.717) is 12.8 Å². The van der Waals surface area contributed by atoms with E-state index in [1.807, 2.05) is 47.8 Å². The summed E-state index contributed by atoms with van der Waals surface area (Å²) in [5, 5.41) is 15.0. The molecule has 2 rings (SSSR count). The van der Waals surface area contributed by atoms with E-state index in [0.717, 1.165) is 10.4 Å². The zero-order chi connectivity index (χ0) is 14.4. The van der Waals surface area contributed by atoms with E-state index in [9.17, 15) is 9.90 Å². The molecule has 0 aliphatic heterocycles. The van der Waals surface area contributed by atoms with Crippen molar-refractivity contribution in [1.29, 1.82) is 0 Å². The maximum Gasteiger partial charge on any atom is 0.220 e. The molecule has 0 spiro atoms. The smallest absolute Gasteiger partial charge is 0.220 e. The molecule has 0 unspecified atom stereocenters. The van der Waals surface area contributed by atoms with Gasteiger partial charge in [-0.05, 0) is 30.4 Å². The average Bonchev–Trinajstić information content (AvgIpc) is 2.99. The van der Waals surface area contributed by atoms with Gasteiger partial charge in [-0.25, -0.2) is 0 Å². The van der Waals surface area contributed by atoms with E-state index in [-0.39, 0.29) is 12.5 Å². The topological polar surface area (TPSA) is 49.3 Å². The molecule has 1 aromatic heterocycles. The summed E-state index contributed by atoms with van der Waals surface area (Å²) in [7, 11) is 0. The average molecular weight is 289 g/mol. The first-order chi connectivity index (χ1) is 9.58. The molecule has 0 radical (unpaired) electrons. The van der Waals surface area contributed by atoms with Gasteiger partial charge < -0.3 is 10.4 Å². The van der Waals surface area contributed by atoms with Gasteiger partial charge in [0, 0.05) is 11.3 Å². The highest BCUT2D eigenvalue weighted by molar-refractivity contribution is 7.10. The van der Waals surface area contributed by atoms with Crippen molar-refractivity contribution in [3.05, 3.63) is 58.3 Å². The fourth-order valence-electron chi connectivity index (χ4n) is 1.93. The number of aryl methyl sites for hydroxylation is 1. The Labute approximate surface area is 123 Å². The summed E-state index contributed by atoms with van der Waals surface area (Å²) in [5.41, 5.74) is 0.143. The van der Waals surface area contributed by atoms with E-state index < -0.39 is 5.60 Å². The molecule has 0 saturated carbocycles. The molecular weight excluding hydrogens is 270 g/mol. The summed E-state index contributed by atoms with van der Waals surface area (Å²) < 4.78 is 0. The van der Waals surface area contributed by atoms with Gasteiger partial charge in [-0.2, -0.15) is 0 Å². The first-order valence-corrected chi connectivity index (χ1v) is 7.53. The van der Waals surface area contributed by atoms with Gasteiger partial charge in [-0.1, -0.05) is 36.4 Å². The lowest BCUT2D eigenvalue weighted by molar-refractivity contribution is -0.122. The molecule has 1 heterocycles. The van der Waals surface area contributed by atoms with Crippen LogP contribution in [0.15, 0.2) is 47.8 Å². The van der Waals surface area contributed by atoms with Gasteiger partial charge in [0.1, 0.15) is 5.60 Å². The number of amides is 1. The fraction of sp³-hybridized carbons (Fsp3) is 0.312. The Morgan fingerprint density at radius 3 is 2.65 bits per heavy atom. The van der Waals surface area contributed by atoms with Crippen molar-refractivity contribution < 1.29 is 9.90 Å². The Morgan fingerprint density at radius 2 is 2.00 bits per heavy atom. The van der Waals surface area contributed by atoms with Crippen molar-refractivity contribution in [2.45, 2.75) is 25.4 Å². The summed E-state index contributed by atoms with van der Waals surface area (Å²) in [6.45, 7) is 1.96. The summed E-state index contributed by atoms with van der Waals surface area (Å²) in [6.07, 6.45) is 1.15. The van der Waals surface area contributed by atoms with Crippen LogP contribution < -0.4 is 5.32 Å². The number of hydrogen-bond donors (Lipinski definition) is 2. The van der Waals surface area contributed by atoms with Crippen LogP contribution >= 0.6 is 11.3 Å². The van der Waals surface area contributed by atoms with Crippen LogP contribution in [0.2, 0.25) is 0 Å². The van der Waals surface area contributed by atoms with Crippen LogP contribution in [0.25, 0.3) is 0 Å². The number of nitrogens with one attached hydrogen (secondary N) is 1. The van der Waals surface area contributed by atoms with Gasteiger partial charge in [0.25, 0.3) is 0 Å². The van der Waals surface area contributed by atoms with Gasteiger partial charge >= 0.3 is 0 Å². The lowest BCUT2D eigenvalue weighted by Crippen LogP contribution is -2.38. The quantitative estimate of drug-likeness (QED) is 0.859. The summed E-state index contributed by atoms with van der Waals surface area (Å²) in [6, 6.07) is 13.7. The van der Waals surface area contributed by atoms with E-state index >= 15 is 0 Å². The molecule has 0 saturated heterocycles. The van der Waals surface area contributed by atoms with Crippen molar-refractivity contribution >= 4 is 17.2 Å². The lowest BCUT2D eigenvalue weighted by Gasteiger charge is -2.22. The van der Waals surface area contributed by atoms with Crippen LogP contribution in [0.5, 0.6) is 0 Å². The van der Waals surface area contributed by atoms with E-state index in [2.05, 4.69) is 5.32 Å². The van der Waals surface area contributed by atoms with Crippen LogP contribution in [0.4, 0.5) is 0 Å². The number of benzene rings is 1. The summed E-state index contributed by atoms with van der Waals surface area (Å²) >= 11 is 1.49. The molecule has 0 fully saturated rings. The lowest BCUT2D eigenvalue weighted by atomic mass is 10.0. The number of thiophene rings is 1. The van der Waals surface area contributed by atoms with Crippen molar-refractivity contribution in [2.24, 2.45) is 0 Å². The predicted octanol–water partition coefficient (Wildman–Crippen LogP) is 2.70. The highest BCUT2D eigenvalue weighted by Gasteiger charge is 2.24. The highest BCUT2D eigenvalue weighted by atomic mass is 32.1. The third-order valence-electron chi connectivity index (χ3n) is 3.17. The zero-order valence-corrected chi connectivity index (χ0v) is 12.3. The second-order valence-electron chi connectivity index (χ2n) is 5.01. The minimum atomic E-state index is -1.00. The van der Waals surface area contributed by atoms with Gasteiger partial charge in [0.05, 0.1) is 6.54 Å². The number of rotatable bonds is 6. The molecule has 106 valence electrons. The minimum absolute atomic E-state index is 0.0364. The molecule has 2 N–H and O–H groups in total. The second kappa shape index (κ2) is 6.68. The second-order valence-corrected chi connectivity index (χ2v) is 5.96. The van der Waals surface area contributed by atoms with Gasteiger partial charge in [-0.3, -0.25) is 4.79 Å². The first kappa shape index (κ1) is 14.8. The van der Waals surface area contributed by atoms with E-state index in [1.54, 1.807) is 6.92 Å². The zero-order valence-electron chi connectivity index (χ0n) is 11.5. The van der Waals surface area contributed by atoms with E-state index in [4.69, 9.17) is 0 Å². The Bertz CT molecular complexity index is 535. The van der Waals surface area contributed by atoms with Gasteiger partial charge in [-0.15, -0.1) is 11.3 Å². The van der Waals surface area contributed by atoms with Gasteiger partial charge in [0.2, 0.25) is 5.91 Å². The molecule has 0 aliphatic rings. The number of carbonyl (C=O) groups is 1. The third kappa shape index (κ3) is 4.18. The number of hydrogen-bond acceptors (Lipinski definition) is 3. The molecule has 4 heteroatoms. The van der Waals surface area contributed by atoms with Crippen LogP contribution in [-0.2, 0) is 16.8 Å². The normalized spacial score (nSPS) is 13.7. The molecule has 0 bridgehead atoms. The van der Waals surface area contributed by atoms with Crippen molar-refractivity contribution in [3.8, 4) is 0 Å². The molecule has 1 aromatic carbocycles. The Hall–Kier alpha value is -1.65. The molecule has 20 heavy (non-hydrogen) atoms. The van der Waals surface area contributed by atoms with Crippen molar-refractivity contribution in [1.82, 2.24) is 5.32 Å². The fourth-order valence-corrected chi connectivity index (χ4v) is 2.72. The Kier molecular flexibility index (Phi) is 4.93. The SMILES string of the molecule is C[C@](O)(CNC(=O)CCc1ccccc1)c1cccs1. The molecule has 3 nitrogen and oxygen atoms in total. The molecule has 0 aliphatic carbocycles. The molecule has 2 aromatic rings. The van der Waals surface area contributed by atoms with Crippen LogP contribution in [0, 0.1) is 0 Å². The van der Waals surface area contributed by atoms with Crippen molar-refractivity contribution in [2.75, 3.05) is 6.54 Å². The molecular formula is C16H19NO2S. The van der Waals surface area contributed by atoms with Gasteiger partial charge in [0.15, 0.2) is 0 Å². The summed E-state index contributed by atoms with van der Waals surface area (Å²) in [5.74, 6) is -0.0364. The molecule has 1 atom stereocenters. The Morgan fingerprint density at radius 1 is 1.25 bits per heavy atom. The van der Waals surface area contributed by atoms with Crippen LogP contribution in [0.1, 0.15) is 23.8 Å². The van der Waals surface area contributed by atoms with Crippen LogP contribution in [0.3, 0.4) is 0 Å². The maximum absolute atomic E-state index is 11.8. The number of carbonyl (C=O) groups excluding carboxylic acids is 1. The largest absolute Gasteiger partial charge is 0.383 e. The van der Waals surface area contributed by atoms with E-state index in [1.165, 1.54) is 11.3 Å². The predicted molar refractivity (Wildman–Crippen MR) is 81.7 cm³/mol. The summed E-state index contributed by atoms with van der Waals surface area (Å²) in [4.78, 5) is 12.7.